The number of phenolic OH excluding ortho intramolecular Hbond substituents is 1. The lowest BCUT2D eigenvalue weighted by Gasteiger charge is -2.12. The van der Waals surface area contributed by atoms with Gasteiger partial charge in [0.05, 0.1) is 106 Å². The summed E-state index contributed by atoms with van der Waals surface area (Å²) < 4.78 is 119. The number of hydrogen-bond acceptors (Lipinski definition) is 23. The largest absolute Gasteiger partial charge is 0.505 e. The highest BCUT2D eigenvalue weighted by Gasteiger charge is 2.19. The van der Waals surface area contributed by atoms with Crippen molar-refractivity contribution in [2.45, 2.75) is 0 Å². The molecule has 14 aromatic rings. The third kappa shape index (κ3) is 22.2. The summed E-state index contributed by atoms with van der Waals surface area (Å²) in [5, 5.41) is 32.8. The maximum absolute atomic E-state index is 14.1. The van der Waals surface area contributed by atoms with Crippen LogP contribution in [0.3, 0.4) is 0 Å². The fraction of sp³-hybridized carbons (Fsp3) is 0.100. The van der Waals surface area contributed by atoms with Gasteiger partial charge in [0.1, 0.15) is 28.7 Å². The number of nitrogen functional groups attached to an aromatic ring is 2. The van der Waals surface area contributed by atoms with Crippen LogP contribution in [0, 0.1) is 43.5 Å². The molecule has 0 saturated carbocycles. The first-order valence-electron chi connectivity index (χ1n) is 32.3. The number of nitrogens with two attached hydrogens (primary N) is 2. The van der Waals surface area contributed by atoms with Crippen molar-refractivity contribution in [1.82, 2.24) is 19.9 Å². The lowest BCUT2D eigenvalue weighted by molar-refractivity contribution is -0.385. The number of para-hydroxylation sites is 2. The maximum atomic E-state index is 14.1. The molecule has 0 bridgehead atoms. The van der Waals surface area contributed by atoms with Gasteiger partial charge in [0.25, 0.3) is 11.4 Å². The minimum absolute atomic E-state index is 0. The second-order valence-electron chi connectivity index (χ2n) is 22.3. The Morgan fingerprint density at radius 3 is 0.929 bits per heavy atom. The van der Waals surface area contributed by atoms with Crippen molar-refractivity contribution >= 4 is 103 Å². The Labute approximate surface area is 654 Å². The number of fused-ring (bicyclic) bond motifs is 4. The third-order valence-corrected chi connectivity index (χ3v) is 15.7. The second-order valence-corrected chi connectivity index (χ2v) is 22.7. The van der Waals surface area contributed by atoms with E-state index in [2.05, 4.69) is 19.9 Å². The lowest BCUT2D eigenvalue weighted by Crippen LogP contribution is -1.95. The van der Waals surface area contributed by atoms with Gasteiger partial charge in [-0.2, -0.15) is 0 Å². The normalized spacial score (nSPS) is 10.1. The third-order valence-electron chi connectivity index (χ3n) is 15.4. The van der Waals surface area contributed by atoms with Crippen molar-refractivity contribution in [2.24, 2.45) is 0 Å². The van der Waals surface area contributed by atoms with Crippen LogP contribution in [-0.4, -0.2) is 91.8 Å². The number of nitro groups is 2. The predicted molar refractivity (Wildman–Crippen MR) is 421 cm³/mol. The molecule has 580 valence electrons. The number of pyridine rings is 4. The molecule has 0 saturated heterocycles. The van der Waals surface area contributed by atoms with E-state index < -0.39 is 38.9 Å². The average molecular weight is 1600 g/mol. The van der Waals surface area contributed by atoms with Gasteiger partial charge in [-0.05, 0) is 109 Å². The Balaban J connectivity index is 0.000000190. The number of nitrogens with zero attached hydrogens (tertiary/aromatic N) is 6. The zero-order valence-corrected chi connectivity index (χ0v) is 62.9. The van der Waals surface area contributed by atoms with Gasteiger partial charge in [-0.25, -0.2) is 17.6 Å². The Bertz CT molecular complexity index is 5390. The summed E-state index contributed by atoms with van der Waals surface area (Å²) in [6.45, 7) is 0. The van der Waals surface area contributed by atoms with Crippen LogP contribution in [0.2, 0.25) is 5.02 Å². The van der Waals surface area contributed by atoms with E-state index in [4.69, 9.17) is 85.0 Å². The standard InChI is InChI=1S/C17H13FN2O5.2C17H15FN2O3.C12H10O.C11H10ClNO2.C6H4FNO3.2ClH/c1-23-16-8-11-13(9-17(16)24-2)19-6-5-14(11)25-15-4-3-10(20(21)22)7-12(15)18;2*1-21-16-8-11-13(9-17(16)22-2)20-6-5-14(11)23-15-4-3-10(19)7-12(15)18;1-3-7-11(8-4-1)13-12-9-5-2-6-10-12;1-14-10-5-7-8(12)3-4-13-9(7)6-11(10)15-2;7-5-3-4(8(10)11)1-2-6(5)9;;/h3-9H,1-2H3;2*3-9H,19H2,1-2H3;1-10H;3-6H,1-2H3;1-3,9H;2*1H. The SMILES string of the molecule is COc1cc2nccc(Cl)c2cc1OC.COc1cc2nccc(Oc3ccc(N)cc3F)c2cc1OC.COc1cc2nccc(Oc3ccc(N)cc3F)c2cc1OC.COc1cc2nccc(Oc3ccc([N+](=O)[O-])cc3F)c2cc1OC.Cl.Cl.O=[N+]([O-])c1ccc(O)c(F)c1.c1ccc(Oc2ccccc2)cc1. The molecular formula is C80H69Cl3F4N8O17. The van der Waals surface area contributed by atoms with Gasteiger partial charge in [-0.3, -0.25) is 40.2 Å². The minimum Gasteiger partial charge on any atom is -0.505 e. The number of aromatic nitrogens is 4. The molecule has 0 unspecified atom stereocenters. The molecule has 112 heavy (non-hydrogen) atoms. The van der Waals surface area contributed by atoms with E-state index in [9.17, 15) is 37.8 Å². The van der Waals surface area contributed by atoms with Crippen LogP contribution in [0.4, 0.5) is 40.3 Å². The molecule has 14 rings (SSSR count). The van der Waals surface area contributed by atoms with Gasteiger partial charge in [0, 0.05) is 106 Å². The molecule has 25 nitrogen and oxygen atoms in total. The van der Waals surface area contributed by atoms with Crippen molar-refractivity contribution in [3.63, 3.8) is 0 Å². The number of nitro benzene ring substituents is 2. The summed E-state index contributed by atoms with van der Waals surface area (Å²) in [7, 11) is 12.4. The van der Waals surface area contributed by atoms with E-state index in [1.54, 1.807) is 140 Å². The topological polar surface area (TPSA) is 321 Å². The Kier molecular flexibility index (Phi) is 31.3. The highest BCUT2D eigenvalue weighted by Crippen LogP contribution is 2.42. The van der Waals surface area contributed by atoms with Gasteiger partial charge in [-0.15, -0.1) is 24.8 Å². The number of halogens is 7. The van der Waals surface area contributed by atoms with Gasteiger partial charge in [-0.1, -0.05) is 48.0 Å². The van der Waals surface area contributed by atoms with Crippen molar-refractivity contribution in [2.75, 3.05) is 68.3 Å². The summed E-state index contributed by atoms with van der Waals surface area (Å²) in [6, 6.07) is 54.4. The molecule has 4 heterocycles. The summed E-state index contributed by atoms with van der Waals surface area (Å²) in [5.41, 5.74) is 13.7. The van der Waals surface area contributed by atoms with Gasteiger partial charge in [0.2, 0.25) is 0 Å². The monoisotopic (exact) mass is 1590 g/mol. The molecule has 32 heteroatoms. The second kappa shape index (κ2) is 41.0. The van der Waals surface area contributed by atoms with E-state index in [1.165, 1.54) is 56.8 Å². The summed E-state index contributed by atoms with van der Waals surface area (Å²) in [6.07, 6.45) is 6.33. The highest BCUT2D eigenvalue weighted by atomic mass is 35.5. The van der Waals surface area contributed by atoms with Gasteiger partial charge < -0.3 is 73.4 Å². The minimum atomic E-state index is -0.987. The quantitative estimate of drug-likeness (QED) is 0.0311. The van der Waals surface area contributed by atoms with E-state index in [0.29, 0.717) is 118 Å². The van der Waals surface area contributed by atoms with E-state index in [0.717, 1.165) is 40.6 Å². The number of non-ortho nitro benzene ring substituents is 2. The van der Waals surface area contributed by atoms with Crippen molar-refractivity contribution < 1.29 is 89.4 Å². The molecule has 0 amide bonds. The molecule has 5 N–H and O–H groups in total. The first kappa shape index (κ1) is 85.5. The van der Waals surface area contributed by atoms with Gasteiger partial charge in [0.15, 0.2) is 92.3 Å². The van der Waals surface area contributed by atoms with E-state index >= 15 is 0 Å². The summed E-state index contributed by atoms with van der Waals surface area (Å²) in [4.78, 5) is 36.3. The fourth-order valence-electron chi connectivity index (χ4n) is 10.0. The molecule has 0 radical (unpaired) electrons. The number of ether oxygens (including phenoxy) is 12. The van der Waals surface area contributed by atoms with Crippen LogP contribution < -0.4 is 68.3 Å². The number of hydrogen-bond donors (Lipinski definition) is 3. The first-order chi connectivity index (χ1) is 53.1. The lowest BCUT2D eigenvalue weighted by atomic mass is 10.2. The van der Waals surface area contributed by atoms with E-state index in [1.807, 2.05) is 66.7 Å². The number of phenols is 1. The molecule has 0 fully saturated rings. The number of aromatic hydroxyl groups is 1. The van der Waals surface area contributed by atoms with Crippen molar-refractivity contribution in [1.29, 1.82) is 0 Å². The van der Waals surface area contributed by atoms with Crippen LogP contribution >= 0.6 is 36.4 Å². The van der Waals surface area contributed by atoms with Crippen molar-refractivity contribution in [3.8, 4) is 97.7 Å². The fourth-order valence-corrected chi connectivity index (χ4v) is 10.2. The molecular weight excluding hydrogens is 1530 g/mol. The molecule has 0 atom stereocenters. The summed E-state index contributed by atoms with van der Waals surface area (Å²) >= 11 is 6.05. The smallest absolute Gasteiger partial charge is 0.272 e. The Morgan fingerprint density at radius 2 is 0.616 bits per heavy atom. The predicted octanol–water partition coefficient (Wildman–Crippen LogP) is 20.3. The molecule has 0 aliphatic heterocycles. The maximum Gasteiger partial charge on any atom is 0.272 e. The average Bonchev–Trinajstić information content (AvgIpc) is 0.813. The van der Waals surface area contributed by atoms with Crippen LogP contribution in [0.5, 0.6) is 97.7 Å². The Morgan fingerprint density at radius 1 is 0.330 bits per heavy atom. The van der Waals surface area contributed by atoms with Crippen LogP contribution in [0.25, 0.3) is 43.6 Å². The van der Waals surface area contributed by atoms with Crippen LogP contribution in [0.15, 0.2) is 231 Å². The molecule has 4 aromatic heterocycles. The van der Waals surface area contributed by atoms with E-state index in [-0.39, 0.29) is 53.4 Å². The number of anilines is 2. The molecule has 10 aromatic carbocycles. The zero-order chi connectivity index (χ0) is 79.0. The number of methoxy groups -OCH3 is 8. The van der Waals surface area contributed by atoms with Crippen molar-refractivity contribution in [3.05, 3.63) is 280 Å². The summed E-state index contributed by atoms with van der Waals surface area (Å²) in [5.74, 6) is 4.02. The highest BCUT2D eigenvalue weighted by molar-refractivity contribution is 6.35. The first-order valence-corrected chi connectivity index (χ1v) is 32.6. The van der Waals surface area contributed by atoms with Gasteiger partial charge >= 0.3 is 0 Å². The number of rotatable bonds is 18. The number of benzene rings is 10. The molecule has 0 aliphatic rings. The zero-order valence-electron chi connectivity index (χ0n) is 60.5. The molecule has 0 spiro atoms. The Hall–Kier alpha value is -13.8. The van der Waals surface area contributed by atoms with Crippen LogP contribution in [-0.2, 0) is 0 Å². The molecule has 0 aliphatic carbocycles. The van der Waals surface area contributed by atoms with Crippen LogP contribution in [0.1, 0.15) is 0 Å².